The molecule has 3 heteroatoms. The summed E-state index contributed by atoms with van der Waals surface area (Å²) in [5.41, 5.74) is 3.39. The highest BCUT2D eigenvalue weighted by Crippen LogP contribution is 2.66. The summed E-state index contributed by atoms with van der Waals surface area (Å²) < 4.78 is 0. The van der Waals surface area contributed by atoms with Crippen LogP contribution in [0.2, 0.25) is 0 Å². The van der Waals surface area contributed by atoms with Crippen LogP contribution in [0.25, 0.3) is 0 Å². The Morgan fingerprint density at radius 1 is 0.765 bits per heavy atom. The van der Waals surface area contributed by atoms with E-state index in [1.165, 1.54) is 45.6 Å². The maximum atomic E-state index is 2.53. The van der Waals surface area contributed by atoms with Crippen LogP contribution in [-0.4, -0.2) is 5.25 Å². The number of fused-ring (bicyclic) bond motifs is 1. The van der Waals surface area contributed by atoms with E-state index >= 15 is 0 Å². The molecule has 4 aromatic carbocycles. The van der Waals surface area contributed by atoms with Crippen molar-refractivity contribution in [2.45, 2.75) is 48.9 Å². The second-order valence-corrected chi connectivity index (χ2v) is 14.1. The minimum absolute atomic E-state index is 0. The van der Waals surface area contributed by atoms with Crippen molar-refractivity contribution in [2.75, 3.05) is 0 Å². The van der Waals surface area contributed by atoms with Gasteiger partial charge in [-0.15, -0.1) is 11.8 Å². The smallest absolute Gasteiger partial charge is 0.119 e. The van der Waals surface area contributed by atoms with Crippen LogP contribution in [0.1, 0.15) is 43.5 Å². The van der Waals surface area contributed by atoms with Crippen molar-refractivity contribution in [1.82, 2.24) is 0 Å². The van der Waals surface area contributed by atoms with Crippen LogP contribution >= 0.6 is 19.0 Å². The van der Waals surface area contributed by atoms with E-state index < -0.39 is 7.26 Å². The number of benzene rings is 4. The molecule has 0 aromatic heterocycles. The minimum atomic E-state index is -1.93. The summed E-state index contributed by atoms with van der Waals surface area (Å²) in [4.78, 5) is 1.49. The minimum Gasteiger partial charge on any atom is -1.00 e. The molecular formula is C31H32BrPS. The molecule has 0 saturated carbocycles. The lowest BCUT2D eigenvalue weighted by molar-refractivity contribution is -0.00000645. The molecule has 0 fully saturated rings. The summed E-state index contributed by atoms with van der Waals surface area (Å²) >= 11 is 2.08. The molecular weight excluding hydrogens is 515 g/mol. The quantitative estimate of drug-likeness (QED) is 0.319. The lowest BCUT2D eigenvalue weighted by Gasteiger charge is -2.34. The van der Waals surface area contributed by atoms with Crippen LogP contribution in [0.15, 0.2) is 114 Å². The molecule has 1 heterocycles. The highest BCUT2D eigenvalue weighted by atomic mass is 79.9. The van der Waals surface area contributed by atoms with E-state index in [4.69, 9.17) is 0 Å². The average Bonchev–Trinajstić information content (AvgIpc) is 2.90. The van der Waals surface area contributed by atoms with Gasteiger partial charge < -0.3 is 17.0 Å². The summed E-state index contributed by atoms with van der Waals surface area (Å²) in [6.07, 6.45) is 3.75. The van der Waals surface area contributed by atoms with Crippen LogP contribution in [0.5, 0.6) is 0 Å². The third-order valence-electron chi connectivity index (χ3n) is 7.12. The summed E-state index contributed by atoms with van der Waals surface area (Å²) in [7, 11) is -1.93. The van der Waals surface area contributed by atoms with Crippen LogP contribution in [0.3, 0.4) is 0 Å². The first-order chi connectivity index (χ1) is 16.2. The van der Waals surface area contributed by atoms with Gasteiger partial charge in [0.2, 0.25) is 0 Å². The molecule has 0 aliphatic carbocycles. The molecule has 2 atom stereocenters. The number of thioether (sulfide) groups is 1. The van der Waals surface area contributed by atoms with Crippen molar-refractivity contribution in [3.8, 4) is 0 Å². The molecule has 0 spiro atoms. The summed E-state index contributed by atoms with van der Waals surface area (Å²) in [5, 5.41) is 5.12. The first-order valence-electron chi connectivity index (χ1n) is 12.1. The third-order valence-corrected chi connectivity index (χ3v) is 13.5. The van der Waals surface area contributed by atoms with Gasteiger partial charge in [0, 0.05) is 10.1 Å². The van der Waals surface area contributed by atoms with Gasteiger partial charge in [-0.2, -0.15) is 0 Å². The normalized spacial score (nSPS) is 16.2. The molecule has 34 heavy (non-hydrogen) atoms. The monoisotopic (exact) mass is 546 g/mol. The van der Waals surface area contributed by atoms with Crippen LogP contribution < -0.4 is 32.9 Å². The Hall–Kier alpha value is -1.86. The van der Waals surface area contributed by atoms with Crippen LogP contribution in [0, 0.1) is 0 Å². The van der Waals surface area contributed by atoms with Crippen molar-refractivity contribution < 1.29 is 17.0 Å². The summed E-state index contributed by atoms with van der Waals surface area (Å²) in [6, 6.07) is 41.1. The van der Waals surface area contributed by atoms with Gasteiger partial charge in [-0.05, 0) is 79.8 Å². The standard InChI is InChI=1S/C31H32PS.BrH/c1-3-30-21-19-26-23-25(20-22-31(26)33-30)24(2)32(27-13-7-4-8-14-27,28-15-9-5-10-16-28)29-17-11-6-12-18-29;/h4-18,20,22-24,30H,3,19,21H2,1-2H3;1H/q+1;/p-1. The number of rotatable bonds is 6. The van der Waals surface area contributed by atoms with Crippen molar-refractivity contribution in [3.63, 3.8) is 0 Å². The lowest BCUT2D eigenvalue weighted by Crippen LogP contribution is -3.00. The second-order valence-electron chi connectivity index (χ2n) is 8.96. The van der Waals surface area contributed by atoms with Gasteiger partial charge >= 0.3 is 0 Å². The van der Waals surface area contributed by atoms with E-state index in [2.05, 4.69) is 135 Å². The highest BCUT2D eigenvalue weighted by molar-refractivity contribution is 8.00. The zero-order chi connectivity index (χ0) is 22.7. The number of hydrogen-bond donors (Lipinski definition) is 0. The molecule has 2 unspecified atom stereocenters. The summed E-state index contributed by atoms with van der Waals surface area (Å²) in [5.74, 6) is 0. The van der Waals surface area contributed by atoms with E-state index in [0.29, 0.717) is 5.66 Å². The Morgan fingerprint density at radius 3 is 1.74 bits per heavy atom. The first-order valence-corrected chi connectivity index (χ1v) is 14.8. The molecule has 0 radical (unpaired) electrons. The molecule has 0 nitrogen and oxygen atoms in total. The molecule has 174 valence electrons. The molecule has 1 aliphatic rings. The van der Waals surface area contributed by atoms with Gasteiger partial charge in [-0.25, -0.2) is 0 Å². The van der Waals surface area contributed by atoms with E-state index in [0.717, 1.165) is 5.25 Å². The summed E-state index contributed by atoms with van der Waals surface area (Å²) in [6.45, 7) is 4.78. The van der Waals surface area contributed by atoms with E-state index in [9.17, 15) is 0 Å². The average molecular weight is 548 g/mol. The zero-order valence-electron chi connectivity index (χ0n) is 19.9. The Morgan fingerprint density at radius 2 is 1.26 bits per heavy atom. The van der Waals surface area contributed by atoms with Crippen molar-refractivity contribution >= 4 is 34.9 Å². The zero-order valence-corrected chi connectivity index (χ0v) is 23.2. The fraction of sp³-hybridized carbons (Fsp3) is 0.226. The van der Waals surface area contributed by atoms with Gasteiger partial charge in [0.15, 0.2) is 0 Å². The van der Waals surface area contributed by atoms with Gasteiger partial charge in [0.1, 0.15) is 28.8 Å². The van der Waals surface area contributed by atoms with Gasteiger partial charge in [-0.3, -0.25) is 0 Å². The lowest BCUT2D eigenvalue weighted by atomic mass is 10.0. The maximum Gasteiger partial charge on any atom is 0.119 e. The Balaban J connectivity index is 0.00000274. The SMILES string of the molecule is CCC1CCc2cc(C(C)[P+](c3ccccc3)(c3ccccc3)c3ccccc3)ccc2S1.[Br-]. The molecule has 5 rings (SSSR count). The molecule has 0 bridgehead atoms. The molecule has 0 N–H and O–H groups in total. The van der Waals surface area contributed by atoms with E-state index in [1.54, 1.807) is 5.56 Å². The Kier molecular flexibility index (Phi) is 8.35. The predicted molar refractivity (Wildman–Crippen MR) is 148 cm³/mol. The van der Waals surface area contributed by atoms with E-state index in [-0.39, 0.29) is 17.0 Å². The second kappa shape index (κ2) is 11.3. The van der Waals surface area contributed by atoms with Crippen LogP contribution in [-0.2, 0) is 6.42 Å². The largest absolute Gasteiger partial charge is 1.00 e. The first kappa shape index (κ1) is 25.2. The number of halogens is 1. The van der Waals surface area contributed by atoms with Gasteiger partial charge in [-0.1, -0.05) is 73.7 Å². The van der Waals surface area contributed by atoms with E-state index in [1.807, 2.05) is 0 Å². The predicted octanol–water partition coefficient (Wildman–Crippen LogP) is 4.56. The van der Waals surface area contributed by atoms with Crippen molar-refractivity contribution in [2.24, 2.45) is 0 Å². The fourth-order valence-corrected chi connectivity index (χ4v) is 11.3. The third kappa shape index (κ3) is 4.66. The molecule has 0 amide bonds. The molecule has 0 saturated heterocycles. The number of hydrogen-bond acceptors (Lipinski definition) is 1. The van der Waals surface area contributed by atoms with Crippen molar-refractivity contribution in [1.29, 1.82) is 0 Å². The van der Waals surface area contributed by atoms with Crippen molar-refractivity contribution in [3.05, 3.63) is 120 Å². The fourth-order valence-electron chi connectivity index (χ4n) is 5.34. The Labute approximate surface area is 220 Å². The maximum absolute atomic E-state index is 2.53. The van der Waals surface area contributed by atoms with Gasteiger partial charge in [0.05, 0.1) is 0 Å². The highest BCUT2D eigenvalue weighted by Gasteiger charge is 2.51. The number of aryl methyl sites for hydroxylation is 1. The van der Waals surface area contributed by atoms with Crippen LogP contribution in [0.4, 0.5) is 0 Å². The topological polar surface area (TPSA) is 0 Å². The molecule has 1 aliphatic heterocycles. The van der Waals surface area contributed by atoms with Gasteiger partial charge in [0.25, 0.3) is 0 Å². The Bertz CT molecular complexity index is 1100. The molecule has 4 aromatic rings.